The Bertz CT molecular complexity index is 358. The largest absolute Gasteiger partial charge is 0.315 e. The topological polar surface area (TPSA) is 12.0 Å². The highest BCUT2D eigenvalue weighted by atomic mass is 19.1. The molecule has 0 aliphatic carbocycles. The predicted octanol–water partition coefficient (Wildman–Crippen LogP) is 3.10. The van der Waals surface area contributed by atoms with Crippen LogP contribution in [0.1, 0.15) is 32.3 Å². The Hall–Kier alpha value is -0.890. The highest BCUT2D eigenvalue weighted by molar-refractivity contribution is 5.30. The van der Waals surface area contributed by atoms with E-state index >= 15 is 0 Å². The third-order valence-electron chi connectivity index (χ3n) is 3.80. The Morgan fingerprint density at radius 1 is 1.44 bits per heavy atom. The molecule has 0 radical (unpaired) electrons. The maximum atomic E-state index is 13.3. The normalized spacial score (nSPS) is 20.2. The smallest absolute Gasteiger partial charge is 0.123 e. The van der Waals surface area contributed by atoms with Gasteiger partial charge in [0.15, 0.2) is 0 Å². The first-order chi connectivity index (χ1) is 7.66. The molecule has 0 amide bonds. The van der Waals surface area contributed by atoms with Gasteiger partial charge in [0.2, 0.25) is 0 Å². The maximum Gasteiger partial charge on any atom is 0.123 e. The summed E-state index contributed by atoms with van der Waals surface area (Å²) in [7, 11) is 0. The van der Waals surface area contributed by atoms with Gasteiger partial charge in [-0.3, -0.25) is 0 Å². The monoisotopic (exact) mass is 221 g/mol. The van der Waals surface area contributed by atoms with E-state index in [1.807, 2.05) is 6.07 Å². The molecule has 1 N–H and O–H groups in total. The third kappa shape index (κ3) is 2.12. The molecule has 1 heterocycles. The minimum Gasteiger partial charge on any atom is -0.315 e. The summed E-state index contributed by atoms with van der Waals surface area (Å²) in [5, 5.41) is 3.33. The van der Waals surface area contributed by atoms with Crippen molar-refractivity contribution in [3.05, 3.63) is 35.6 Å². The van der Waals surface area contributed by atoms with E-state index in [1.54, 1.807) is 6.07 Å². The molecule has 2 rings (SSSR count). The lowest BCUT2D eigenvalue weighted by atomic mass is 9.69. The van der Waals surface area contributed by atoms with Crippen LogP contribution in [0.5, 0.6) is 0 Å². The van der Waals surface area contributed by atoms with Crippen LogP contribution in [0.3, 0.4) is 0 Å². The van der Waals surface area contributed by atoms with E-state index in [-0.39, 0.29) is 11.2 Å². The molecule has 2 heteroatoms. The van der Waals surface area contributed by atoms with Crippen molar-refractivity contribution in [3.63, 3.8) is 0 Å². The molecule has 1 aliphatic heterocycles. The molecular formula is C14H20FN. The fourth-order valence-electron chi connectivity index (χ4n) is 2.52. The average Bonchev–Trinajstić information content (AvgIpc) is 2.23. The molecule has 1 aromatic carbocycles. The maximum absolute atomic E-state index is 13.3. The number of halogens is 1. The summed E-state index contributed by atoms with van der Waals surface area (Å²) < 4.78 is 13.3. The Morgan fingerprint density at radius 2 is 2.19 bits per heavy atom. The minimum atomic E-state index is -0.118. The molecule has 1 atom stereocenters. The quantitative estimate of drug-likeness (QED) is 0.823. The minimum absolute atomic E-state index is 0.118. The molecule has 1 aromatic rings. The predicted molar refractivity (Wildman–Crippen MR) is 65.0 cm³/mol. The van der Waals surface area contributed by atoms with Crippen LogP contribution < -0.4 is 5.32 Å². The van der Waals surface area contributed by atoms with Gasteiger partial charge in [0.25, 0.3) is 0 Å². The van der Waals surface area contributed by atoms with E-state index in [1.165, 1.54) is 12.5 Å². The lowest BCUT2D eigenvalue weighted by Gasteiger charge is -2.45. The number of rotatable bonds is 4. The SMILES string of the molecule is CCC(C)CC1(c2cccc(F)c2)CNC1. The van der Waals surface area contributed by atoms with Crippen LogP contribution in [0.4, 0.5) is 4.39 Å². The van der Waals surface area contributed by atoms with Crippen LogP contribution >= 0.6 is 0 Å². The molecule has 0 spiro atoms. The van der Waals surface area contributed by atoms with E-state index in [2.05, 4.69) is 25.2 Å². The van der Waals surface area contributed by atoms with Crippen molar-refractivity contribution in [2.75, 3.05) is 13.1 Å². The third-order valence-corrected chi connectivity index (χ3v) is 3.80. The van der Waals surface area contributed by atoms with Gasteiger partial charge in [0.05, 0.1) is 0 Å². The zero-order chi connectivity index (χ0) is 11.6. The number of benzene rings is 1. The summed E-state index contributed by atoms with van der Waals surface area (Å²) in [6.45, 7) is 6.47. The Morgan fingerprint density at radius 3 is 2.69 bits per heavy atom. The Kier molecular flexibility index (Phi) is 3.29. The van der Waals surface area contributed by atoms with Gasteiger partial charge in [0, 0.05) is 18.5 Å². The van der Waals surface area contributed by atoms with Crippen molar-refractivity contribution in [1.82, 2.24) is 5.32 Å². The van der Waals surface area contributed by atoms with Gasteiger partial charge in [-0.2, -0.15) is 0 Å². The van der Waals surface area contributed by atoms with Crippen molar-refractivity contribution in [3.8, 4) is 0 Å². The summed E-state index contributed by atoms with van der Waals surface area (Å²) in [6, 6.07) is 7.10. The summed E-state index contributed by atoms with van der Waals surface area (Å²) in [4.78, 5) is 0. The van der Waals surface area contributed by atoms with Gasteiger partial charge in [-0.05, 0) is 30.0 Å². The molecule has 1 unspecified atom stereocenters. The summed E-state index contributed by atoms with van der Waals surface area (Å²) in [5.74, 6) is 0.582. The van der Waals surface area contributed by atoms with Gasteiger partial charge in [-0.1, -0.05) is 32.4 Å². The highest BCUT2D eigenvalue weighted by Crippen LogP contribution is 2.36. The molecular weight excluding hydrogens is 201 g/mol. The van der Waals surface area contributed by atoms with E-state index in [4.69, 9.17) is 0 Å². The lowest BCUT2D eigenvalue weighted by Crippen LogP contribution is -2.57. The second-order valence-electron chi connectivity index (χ2n) is 5.11. The lowest BCUT2D eigenvalue weighted by molar-refractivity contribution is 0.220. The van der Waals surface area contributed by atoms with Gasteiger partial charge >= 0.3 is 0 Å². The van der Waals surface area contributed by atoms with Crippen molar-refractivity contribution < 1.29 is 4.39 Å². The Balaban J connectivity index is 2.21. The zero-order valence-corrected chi connectivity index (χ0v) is 10.1. The standard InChI is InChI=1S/C14H20FN/c1-3-11(2)8-14(9-16-10-14)12-5-4-6-13(15)7-12/h4-7,11,16H,3,8-10H2,1-2H3. The first-order valence-corrected chi connectivity index (χ1v) is 6.13. The second-order valence-corrected chi connectivity index (χ2v) is 5.11. The van der Waals surface area contributed by atoms with Crippen LogP contribution in [0.25, 0.3) is 0 Å². The van der Waals surface area contributed by atoms with Crippen molar-refractivity contribution in [2.45, 2.75) is 32.1 Å². The van der Waals surface area contributed by atoms with Crippen LogP contribution in [0, 0.1) is 11.7 Å². The van der Waals surface area contributed by atoms with Crippen LogP contribution in [0.15, 0.2) is 24.3 Å². The van der Waals surface area contributed by atoms with Gasteiger partial charge in [0.1, 0.15) is 5.82 Å². The van der Waals surface area contributed by atoms with E-state index < -0.39 is 0 Å². The number of nitrogens with one attached hydrogen (secondary N) is 1. The van der Waals surface area contributed by atoms with E-state index in [0.717, 1.165) is 25.1 Å². The molecule has 0 aromatic heterocycles. The average molecular weight is 221 g/mol. The van der Waals surface area contributed by atoms with Crippen molar-refractivity contribution in [1.29, 1.82) is 0 Å². The first-order valence-electron chi connectivity index (χ1n) is 6.13. The second kappa shape index (κ2) is 4.54. The molecule has 1 aliphatic rings. The van der Waals surface area contributed by atoms with Gasteiger partial charge < -0.3 is 5.32 Å². The molecule has 1 nitrogen and oxygen atoms in total. The first kappa shape index (κ1) is 11.6. The summed E-state index contributed by atoms with van der Waals surface area (Å²) in [6.07, 6.45) is 2.34. The summed E-state index contributed by atoms with van der Waals surface area (Å²) in [5.41, 5.74) is 1.34. The van der Waals surface area contributed by atoms with Crippen LogP contribution in [-0.2, 0) is 5.41 Å². The molecule has 16 heavy (non-hydrogen) atoms. The fourth-order valence-corrected chi connectivity index (χ4v) is 2.52. The van der Waals surface area contributed by atoms with Crippen molar-refractivity contribution in [2.24, 2.45) is 5.92 Å². The van der Waals surface area contributed by atoms with Gasteiger partial charge in [-0.15, -0.1) is 0 Å². The zero-order valence-electron chi connectivity index (χ0n) is 10.1. The van der Waals surface area contributed by atoms with Gasteiger partial charge in [-0.25, -0.2) is 4.39 Å². The van der Waals surface area contributed by atoms with Crippen LogP contribution in [0.2, 0.25) is 0 Å². The molecule has 1 fully saturated rings. The summed E-state index contributed by atoms with van der Waals surface area (Å²) >= 11 is 0. The molecule has 1 saturated heterocycles. The van der Waals surface area contributed by atoms with Crippen molar-refractivity contribution >= 4 is 0 Å². The fraction of sp³-hybridized carbons (Fsp3) is 0.571. The van der Waals surface area contributed by atoms with Crippen LogP contribution in [-0.4, -0.2) is 13.1 Å². The number of hydrogen-bond donors (Lipinski definition) is 1. The highest BCUT2D eigenvalue weighted by Gasteiger charge is 2.39. The Labute approximate surface area is 97.1 Å². The van der Waals surface area contributed by atoms with E-state index in [9.17, 15) is 4.39 Å². The molecule has 88 valence electrons. The van der Waals surface area contributed by atoms with E-state index in [0.29, 0.717) is 5.92 Å². The molecule has 0 saturated carbocycles. The molecule has 0 bridgehead atoms. The number of hydrogen-bond acceptors (Lipinski definition) is 1.